The van der Waals surface area contributed by atoms with Gasteiger partial charge in [0.1, 0.15) is 6.04 Å². The van der Waals surface area contributed by atoms with Crippen molar-refractivity contribution in [3.63, 3.8) is 0 Å². The molecule has 0 saturated carbocycles. The fourth-order valence-electron chi connectivity index (χ4n) is 2.35. The van der Waals surface area contributed by atoms with Crippen LogP contribution in [0.4, 0.5) is 4.79 Å². The molecule has 2 amide bonds. The van der Waals surface area contributed by atoms with Crippen LogP contribution in [0, 0.1) is 5.92 Å². The largest absolute Gasteiger partial charge is 0.480 e. The number of nitrogens with zero attached hydrogens (tertiary/aromatic N) is 2. The molecule has 1 saturated heterocycles. The van der Waals surface area contributed by atoms with Crippen LogP contribution in [0.3, 0.4) is 0 Å². The first-order valence-corrected chi connectivity index (χ1v) is 6.82. The topological polar surface area (TPSA) is 90.3 Å². The second-order valence-corrected chi connectivity index (χ2v) is 5.51. The van der Waals surface area contributed by atoms with E-state index in [1.807, 2.05) is 13.8 Å². The lowest BCUT2D eigenvalue weighted by Crippen LogP contribution is -2.50. The number of carboxylic acid groups (broad SMARTS) is 1. The van der Waals surface area contributed by atoms with E-state index in [4.69, 9.17) is 9.84 Å². The van der Waals surface area contributed by atoms with Gasteiger partial charge in [0.05, 0.1) is 12.7 Å². The van der Waals surface area contributed by atoms with Crippen molar-refractivity contribution in [3.8, 4) is 0 Å². The van der Waals surface area contributed by atoms with E-state index in [1.165, 1.54) is 4.90 Å². The van der Waals surface area contributed by atoms with Crippen LogP contribution in [-0.4, -0.2) is 77.5 Å². The minimum absolute atomic E-state index is 0.0668. The highest BCUT2D eigenvalue weighted by Gasteiger charge is 2.40. The molecule has 0 radical (unpaired) electrons. The Kier molecular flexibility index (Phi) is 6.22. The van der Waals surface area contributed by atoms with Gasteiger partial charge >= 0.3 is 12.0 Å². The molecule has 1 heterocycles. The van der Waals surface area contributed by atoms with Crippen molar-refractivity contribution in [2.45, 2.75) is 32.4 Å². The highest BCUT2D eigenvalue weighted by Crippen LogP contribution is 2.20. The van der Waals surface area contributed by atoms with Crippen molar-refractivity contribution in [2.24, 2.45) is 5.92 Å². The summed E-state index contributed by atoms with van der Waals surface area (Å²) < 4.78 is 4.98. The third-order valence-electron chi connectivity index (χ3n) is 3.23. The Bertz CT molecular complexity index is 348. The first-order chi connectivity index (χ1) is 9.36. The van der Waals surface area contributed by atoms with Crippen molar-refractivity contribution < 1.29 is 24.5 Å². The molecule has 1 fully saturated rings. The zero-order chi connectivity index (χ0) is 15.3. The van der Waals surface area contributed by atoms with Crippen LogP contribution in [0.1, 0.15) is 20.3 Å². The molecule has 0 aliphatic carbocycles. The molecule has 2 N–H and O–H groups in total. The van der Waals surface area contributed by atoms with Gasteiger partial charge in [0.25, 0.3) is 0 Å². The minimum atomic E-state index is -1.08. The number of rotatable bonds is 6. The third kappa shape index (κ3) is 4.35. The minimum Gasteiger partial charge on any atom is -0.480 e. The Morgan fingerprint density at radius 1 is 1.45 bits per heavy atom. The Hall–Kier alpha value is -1.34. The fourth-order valence-corrected chi connectivity index (χ4v) is 2.35. The number of urea groups is 1. The van der Waals surface area contributed by atoms with E-state index in [0.29, 0.717) is 19.7 Å². The summed E-state index contributed by atoms with van der Waals surface area (Å²) in [6, 6.07) is -1.30. The van der Waals surface area contributed by atoms with E-state index >= 15 is 0 Å². The van der Waals surface area contributed by atoms with Crippen LogP contribution in [0.15, 0.2) is 0 Å². The third-order valence-corrected chi connectivity index (χ3v) is 3.23. The van der Waals surface area contributed by atoms with Crippen LogP contribution in [0.5, 0.6) is 0 Å². The van der Waals surface area contributed by atoms with Gasteiger partial charge in [0.2, 0.25) is 0 Å². The SMILES string of the molecule is COCCN(CC(C)C)C(=O)N1C[C@H](O)C[C@@H]1C(=O)O. The maximum absolute atomic E-state index is 12.5. The van der Waals surface area contributed by atoms with Crippen molar-refractivity contribution in [2.75, 3.05) is 33.4 Å². The lowest BCUT2D eigenvalue weighted by Gasteiger charge is -2.31. The average Bonchev–Trinajstić information content (AvgIpc) is 2.75. The molecule has 2 atom stereocenters. The molecule has 0 bridgehead atoms. The predicted octanol–water partition coefficient (Wildman–Crippen LogP) is 0.231. The number of aliphatic hydroxyl groups is 1. The smallest absolute Gasteiger partial charge is 0.326 e. The molecule has 7 heteroatoms. The number of hydrogen-bond donors (Lipinski definition) is 2. The van der Waals surface area contributed by atoms with Crippen LogP contribution in [-0.2, 0) is 9.53 Å². The number of methoxy groups -OCH3 is 1. The zero-order valence-electron chi connectivity index (χ0n) is 12.3. The number of ether oxygens (including phenoxy) is 1. The molecule has 0 aromatic rings. The summed E-state index contributed by atoms with van der Waals surface area (Å²) in [6.07, 6.45) is -0.690. The second-order valence-electron chi connectivity index (χ2n) is 5.51. The molecule has 1 aliphatic rings. The summed E-state index contributed by atoms with van der Waals surface area (Å²) in [5, 5.41) is 18.7. The van der Waals surface area contributed by atoms with Crippen LogP contribution in [0.25, 0.3) is 0 Å². The van der Waals surface area contributed by atoms with E-state index in [1.54, 1.807) is 12.0 Å². The Morgan fingerprint density at radius 2 is 2.10 bits per heavy atom. The number of aliphatic hydroxyl groups excluding tert-OH is 1. The van der Waals surface area contributed by atoms with Gasteiger partial charge in [0, 0.05) is 33.2 Å². The lowest BCUT2D eigenvalue weighted by molar-refractivity contribution is -0.141. The second kappa shape index (κ2) is 7.44. The summed E-state index contributed by atoms with van der Waals surface area (Å²) in [5.41, 5.74) is 0. The molecule has 0 aromatic carbocycles. The van der Waals surface area contributed by atoms with Crippen molar-refractivity contribution in [1.82, 2.24) is 9.80 Å². The van der Waals surface area contributed by atoms with Crippen molar-refractivity contribution in [1.29, 1.82) is 0 Å². The molecule has 20 heavy (non-hydrogen) atoms. The number of hydrogen-bond acceptors (Lipinski definition) is 4. The number of carboxylic acids is 1. The van der Waals surface area contributed by atoms with E-state index in [9.17, 15) is 14.7 Å². The number of β-amino-alcohol motifs (C(OH)–C–C–N with tert-alkyl or cyclic N) is 1. The van der Waals surface area contributed by atoms with Gasteiger partial charge < -0.3 is 24.7 Å². The normalized spacial score (nSPS) is 22.4. The predicted molar refractivity (Wildman–Crippen MR) is 72.4 cm³/mol. The first kappa shape index (κ1) is 16.7. The van der Waals surface area contributed by atoms with E-state index in [-0.39, 0.29) is 24.9 Å². The molecule has 0 unspecified atom stereocenters. The Balaban J connectivity index is 2.78. The highest BCUT2D eigenvalue weighted by atomic mass is 16.5. The van der Waals surface area contributed by atoms with Gasteiger partial charge in [-0.1, -0.05) is 13.8 Å². The number of amides is 2. The molecular formula is C13H24N2O5. The Labute approximate surface area is 119 Å². The number of likely N-dealkylation sites (tertiary alicyclic amines) is 1. The number of aliphatic carboxylic acids is 1. The zero-order valence-corrected chi connectivity index (χ0v) is 12.3. The first-order valence-electron chi connectivity index (χ1n) is 6.82. The van der Waals surface area contributed by atoms with E-state index in [2.05, 4.69) is 0 Å². The van der Waals surface area contributed by atoms with Crippen molar-refractivity contribution in [3.05, 3.63) is 0 Å². The van der Waals surface area contributed by atoms with E-state index in [0.717, 1.165) is 0 Å². The monoisotopic (exact) mass is 288 g/mol. The summed E-state index contributed by atoms with van der Waals surface area (Å²) >= 11 is 0. The van der Waals surface area contributed by atoms with Crippen LogP contribution >= 0.6 is 0 Å². The summed E-state index contributed by atoms with van der Waals surface area (Å²) in [7, 11) is 1.55. The molecule has 116 valence electrons. The molecule has 0 spiro atoms. The molecular weight excluding hydrogens is 264 g/mol. The fraction of sp³-hybridized carbons (Fsp3) is 0.846. The molecule has 0 aromatic heterocycles. The van der Waals surface area contributed by atoms with Gasteiger partial charge in [-0.05, 0) is 5.92 Å². The van der Waals surface area contributed by atoms with Crippen LogP contribution in [0.2, 0.25) is 0 Å². The summed E-state index contributed by atoms with van der Waals surface area (Å²) in [6.45, 7) is 5.37. The maximum atomic E-state index is 12.5. The standard InChI is InChI=1S/C13H24N2O5/c1-9(2)7-14(4-5-20-3)13(19)15-8-10(16)6-11(15)12(17)18/h9-11,16H,4-8H2,1-3H3,(H,17,18)/t10-,11-/m1/s1. The Morgan fingerprint density at radius 3 is 2.60 bits per heavy atom. The van der Waals surface area contributed by atoms with Gasteiger partial charge in [-0.3, -0.25) is 0 Å². The van der Waals surface area contributed by atoms with Gasteiger partial charge in [-0.15, -0.1) is 0 Å². The number of carbonyl (C=O) groups is 2. The lowest BCUT2D eigenvalue weighted by atomic mass is 10.2. The quantitative estimate of drug-likeness (QED) is 0.730. The summed E-state index contributed by atoms with van der Waals surface area (Å²) in [5.74, 6) is -0.808. The van der Waals surface area contributed by atoms with Gasteiger partial charge in [0.15, 0.2) is 0 Å². The molecule has 1 aliphatic heterocycles. The average molecular weight is 288 g/mol. The van der Waals surface area contributed by atoms with E-state index < -0.39 is 18.1 Å². The molecule has 1 rings (SSSR count). The van der Waals surface area contributed by atoms with Gasteiger partial charge in [-0.25, -0.2) is 9.59 Å². The number of carbonyl (C=O) groups excluding carboxylic acids is 1. The maximum Gasteiger partial charge on any atom is 0.326 e. The highest BCUT2D eigenvalue weighted by molar-refractivity contribution is 5.83. The molecule has 7 nitrogen and oxygen atoms in total. The van der Waals surface area contributed by atoms with Gasteiger partial charge in [-0.2, -0.15) is 0 Å². The summed E-state index contributed by atoms with van der Waals surface area (Å²) in [4.78, 5) is 26.5. The van der Waals surface area contributed by atoms with Crippen LogP contribution < -0.4 is 0 Å². The van der Waals surface area contributed by atoms with Crippen molar-refractivity contribution >= 4 is 12.0 Å².